The van der Waals surface area contributed by atoms with Crippen molar-refractivity contribution in [3.8, 4) is 17.1 Å². The number of ether oxygens (including phenoxy) is 1. The molecular weight excluding hydrogens is 385 g/mol. The number of nitrogens with one attached hydrogen (secondary N) is 1. The van der Waals surface area contributed by atoms with E-state index in [0.29, 0.717) is 28.0 Å². The third-order valence-corrected chi connectivity index (χ3v) is 4.36. The number of aromatic nitrogens is 2. The van der Waals surface area contributed by atoms with Gasteiger partial charge in [-0.05, 0) is 31.2 Å². The van der Waals surface area contributed by atoms with Crippen LogP contribution >= 0.6 is 23.2 Å². The van der Waals surface area contributed by atoms with Gasteiger partial charge in [0.15, 0.2) is 0 Å². The lowest BCUT2D eigenvalue weighted by molar-refractivity contribution is 0.0946. The fraction of sp³-hybridized carbons (Fsp3) is 0.150. The van der Waals surface area contributed by atoms with E-state index in [1.54, 1.807) is 18.2 Å². The molecule has 0 aliphatic rings. The lowest BCUT2D eigenvalue weighted by atomic mass is 10.1. The predicted molar refractivity (Wildman–Crippen MR) is 106 cm³/mol. The molecule has 0 unspecified atom stereocenters. The smallest absolute Gasteiger partial charge is 0.252 e. The minimum absolute atomic E-state index is 0.252. The van der Waals surface area contributed by atoms with Gasteiger partial charge in [-0.15, -0.1) is 10.2 Å². The average molecular weight is 402 g/mol. The van der Waals surface area contributed by atoms with Crippen LogP contribution in [0.5, 0.6) is 5.88 Å². The molecule has 1 heterocycles. The van der Waals surface area contributed by atoms with Crippen molar-refractivity contribution in [2.24, 2.45) is 0 Å². The predicted octanol–water partition coefficient (Wildman–Crippen LogP) is 4.57. The van der Waals surface area contributed by atoms with Crippen LogP contribution in [0, 0.1) is 6.92 Å². The van der Waals surface area contributed by atoms with Gasteiger partial charge in [-0.3, -0.25) is 4.79 Å². The summed E-state index contributed by atoms with van der Waals surface area (Å²) >= 11 is 11.9. The highest BCUT2D eigenvalue weighted by Crippen LogP contribution is 2.20. The first-order chi connectivity index (χ1) is 13.0. The summed E-state index contributed by atoms with van der Waals surface area (Å²) in [5.74, 6) is 0.0767. The normalized spacial score (nSPS) is 10.5. The van der Waals surface area contributed by atoms with Gasteiger partial charge in [0.25, 0.3) is 5.91 Å². The van der Waals surface area contributed by atoms with Crippen LogP contribution in [0.2, 0.25) is 10.0 Å². The minimum atomic E-state index is -0.313. The molecule has 5 nitrogen and oxygen atoms in total. The zero-order valence-electron chi connectivity index (χ0n) is 14.6. The monoisotopic (exact) mass is 401 g/mol. The molecule has 0 aliphatic carbocycles. The number of nitrogens with zero attached hydrogens (tertiary/aromatic N) is 2. The Labute approximate surface area is 167 Å². The van der Waals surface area contributed by atoms with E-state index < -0.39 is 0 Å². The van der Waals surface area contributed by atoms with E-state index >= 15 is 0 Å². The number of aryl methyl sites for hydroxylation is 1. The number of carbonyl (C=O) groups excluding carboxylic acids is 1. The molecule has 0 atom stereocenters. The molecule has 138 valence electrons. The molecule has 0 aliphatic heterocycles. The van der Waals surface area contributed by atoms with Gasteiger partial charge < -0.3 is 10.1 Å². The van der Waals surface area contributed by atoms with Gasteiger partial charge in [-0.1, -0.05) is 53.0 Å². The Morgan fingerprint density at radius 3 is 2.52 bits per heavy atom. The first-order valence-electron chi connectivity index (χ1n) is 8.30. The fourth-order valence-electron chi connectivity index (χ4n) is 2.36. The highest BCUT2D eigenvalue weighted by atomic mass is 35.5. The van der Waals surface area contributed by atoms with Crippen molar-refractivity contribution in [2.45, 2.75) is 6.92 Å². The van der Waals surface area contributed by atoms with E-state index in [2.05, 4.69) is 15.5 Å². The Kier molecular flexibility index (Phi) is 6.27. The Bertz CT molecular complexity index is 929. The number of halogens is 2. The van der Waals surface area contributed by atoms with Gasteiger partial charge in [0.1, 0.15) is 6.61 Å². The minimum Gasteiger partial charge on any atom is -0.475 e. The SMILES string of the molecule is Cc1ccc(-c2ccc(OCCNC(=O)c3cc(Cl)ccc3Cl)nn2)cc1. The molecule has 0 fully saturated rings. The molecule has 7 heteroatoms. The highest BCUT2D eigenvalue weighted by molar-refractivity contribution is 6.35. The largest absolute Gasteiger partial charge is 0.475 e. The summed E-state index contributed by atoms with van der Waals surface area (Å²) in [5.41, 5.74) is 3.27. The van der Waals surface area contributed by atoms with Crippen LogP contribution in [0.3, 0.4) is 0 Å². The fourth-order valence-corrected chi connectivity index (χ4v) is 2.74. The maximum atomic E-state index is 12.1. The van der Waals surface area contributed by atoms with Crippen molar-refractivity contribution in [1.82, 2.24) is 15.5 Å². The summed E-state index contributed by atoms with van der Waals surface area (Å²) in [7, 11) is 0. The van der Waals surface area contributed by atoms with Crippen molar-refractivity contribution >= 4 is 29.1 Å². The van der Waals surface area contributed by atoms with Crippen LogP contribution in [0.4, 0.5) is 0 Å². The van der Waals surface area contributed by atoms with Gasteiger partial charge >= 0.3 is 0 Å². The average Bonchev–Trinajstić information content (AvgIpc) is 2.68. The van der Waals surface area contributed by atoms with Gasteiger partial charge in [-0.2, -0.15) is 0 Å². The zero-order valence-corrected chi connectivity index (χ0v) is 16.1. The number of benzene rings is 2. The van der Waals surface area contributed by atoms with Crippen LogP contribution in [-0.4, -0.2) is 29.3 Å². The molecule has 1 amide bonds. The first kappa shape index (κ1) is 19.1. The number of rotatable bonds is 6. The third-order valence-electron chi connectivity index (χ3n) is 3.80. The van der Waals surface area contributed by atoms with Crippen LogP contribution in [0.25, 0.3) is 11.3 Å². The number of hydrogen-bond acceptors (Lipinski definition) is 4. The molecule has 0 saturated heterocycles. The summed E-state index contributed by atoms with van der Waals surface area (Å²) in [5, 5.41) is 11.7. The second-order valence-corrected chi connectivity index (χ2v) is 6.70. The van der Waals surface area contributed by atoms with E-state index in [-0.39, 0.29) is 12.5 Å². The first-order valence-corrected chi connectivity index (χ1v) is 9.05. The highest BCUT2D eigenvalue weighted by Gasteiger charge is 2.10. The number of hydrogen-bond donors (Lipinski definition) is 1. The van der Waals surface area contributed by atoms with Crippen LogP contribution in [-0.2, 0) is 0 Å². The molecule has 0 spiro atoms. The molecule has 1 aromatic heterocycles. The molecular formula is C20H17Cl2N3O2. The Balaban J connectivity index is 1.50. The van der Waals surface area contributed by atoms with Crippen LogP contribution in [0.1, 0.15) is 15.9 Å². The molecule has 0 radical (unpaired) electrons. The lowest BCUT2D eigenvalue weighted by Crippen LogP contribution is -2.28. The van der Waals surface area contributed by atoms with Gasteiger partial charge in [0, 0.05) is 16.7 Å². The third kappa shape index (κ3) is 5.18. The summed E-state index contributed by atoms with van der Waals surface area (Å²) in [6, 6.07) is 16.4. The van der Waals surface area contributed by atoms with E-state index in [4.69, 9.17) is 27.9 Å². The van der Waals surface area contributed by atoms with Gasteiger partial charge in [0.2, 0.25) is 5.88 Å². The standard InChI is InChI=1S/C20H17Cl2N3O2/c1-13-2-4-14(5-3-13)18-8-9-19(25-24-18)27-11-10-23-20(26)16-12-15(21)6-7-17(16)22/h2-9,12H,10-11H2,1H3,(H,23,26). The molecule has 0 saturated carbocycles. The second kappa shape index (κ2) is 8.84. The van der Waals surface area contributed by atoms with Crippen LogP contribution < -0.4 is 10.1 Å². The van der Waals surface area contributed by atoms with Crippen molar-refractivity contribution in [3.05, 3.63) is 75.8 Å². The van der Waals surface area contributed by atoms with Crippen molar-refractivity contribution in [2.75, 3.05) is 13.2 Å². The Hall–Kier alpha value is -2.63. The molecule has 0 bridgehead atoms. The van der Waals surface area contributed by atoms with Gasteiger partial charge in [-0.25, -0.2) is 0 Å². The molecule has 3 rings (SSSR count). The van der Waals surface area contributed by atoms with E-state index in [1.165, 1.54) is 11.6 Å². The summed E-state index contributed by atoms with van der Waals surface area (Å²) in [6.07, 6.45) is 0. The molecule has 27 heavy (non-hydrogen) atoms. The Morgan fingerprint density at radius 2 is 1.81 bits per heavy atom. The number of amides is 1. The summed E-state index contributed by atoms with van der Waals surface area (Å²) in [4.78, 5) is 12.1. The molecule has 2 aromatic carbocycles. The Morgan fingerprint density at radius 1 is 1.04 bits per heavy atom. The van der Waals surface area contributed by atoms with Crippen molar-refractivity contribution < 1.29 is 9.53 Å². The topological polar surface area (TPSA) is 64.1 Å². The van der Waals surface area contributed by atoms with Crippen molar-refractivity contribution in [1.29, 1.82) is 0 Å². The van der Waals surface area contributed by atoms with Gasteiger partial charge in [0.05, 0.1) is 22.8 Å². The zero-order chi connectivity index (χ0) is 19.2. The van der Waals surface area contributed by atoms with Crippen LogP contribution in [0.15, 0.2) is 54.6 Å². The molecule has 1 N–H and O–H groups in total. The maximum Gasteiger partial charge on any atom is 0.252 e. The van der Waals surface area contributed by atoms with Crippen molar-refractivity contribution in [3.63, 3.8) is 0 Å². The lowest BCUT2D eigenvalue weighted by Gasteiger charge is -2.08. The van der Waals surface area contributed by atoms with E-state index in [1.807, 2.05) is 37.3 Å². The van der Waals surface area contributed by atoms with E-state index in [9.17, 15) is 4.79 Å². The molecule has 3 aromatic rings. The second-order valence-electron chi connectivity index (χ2n) is 5.85. The summed E-state index contributed by atoms with van der Waals surface area (Å²) in [6.45, 7) is 2.58. The summed E-state index contributed by atoms with van der Waals surface area (Å²) < 4.78 is 5.51. The van der Waals surface area contributed by atoms with E-state index in [0.717, 1.165) is 11.3 Å². The number of carbonyl (C=O) groups is 1. The quantitative estimate of drug-likeness (QED) is 0.614. The maximum absolute atomic E-state index is 12.1.